The highest BCUT2D eigenvalue weighted by molar-refractivity contribution is 6.73. The van der Waals surface area contributed by atoms with Gasteiger partial charge in [0.25, 0.3) is 0 Å². The molecule has 0 saturated carbocycles. The van der Waals surface area contributed by atoms with Crippen molar-refractivity contribution in [2.75, 3.05) is 19.6 Å². The smallest absolute Gasteiger partial charge is 0.207 e. The zero-order chi connectivity index (χ0) is 10.4. The fourth-order valence-corrected chi connectivity index (χ4v) is 4.01. The summed E-state index contributed by atoms with van der Waals surface area (Å²) in [5.41, 5.74) is 3.07. The minimum Gasteiger partial charge on any atom is -0.416 e. The lowest BCUT2D eigenvalue weighted by atomic mass is 10.9. The Morgan fingerprint density at radius 1 is 1.29 bits per heavy atom. The topological polar surface area (TPSA) is 43.0 Å². The van der Waals surface area contributed by atoms with E-state index in [1.165, 1.54) is 5.34 Å². The Labute approximate surface area is 86.3 Å². The maximum Gasteiger partial charge on any atom is 0.207 e. The van der Waals surface area contributed by atoms with Crippen LogP contribution in [0, 0.1) is 0 Å². The monoisotopic (exact) mass is 220 g/mol. The number of hydrogen-bond donors (Lipinski definition) is 1. The molecule has 0 bridgehead atoms. The minimum absolute atomic E-state index is 0.342. The van der Waals surface area contributed by atoms with Crippen molar-refractivity contribution in [1.82, 2.24) is 10.8 Å². The SMILES string of the molecule is CCO[Si](CC)(CC)CNN1OCO1. The molecule has 0 spiro atoms. The van der Waals surface area contributed by atoms with Crippen LogP contribution in [0.5, 0.6) is 0 Å². The van der Waals surface area contributed by atoms with Gasteiger partial charge >= 0.3 is 0 Å². The molecule has 1 rings (SSSR count). The fourth-order valence-electron chi connectivity index (χ4n) is 1.47. The third-order valence-corrected chi connectivity index (χ3v) is 6.89. The summed E-state index contributed by atoms with van der Waals surface area (Å²) in [7, 11) is -1.60. The number of nitrogens with zero attached hydrogens (tertiary/aromatic N) is 1. The Morgan fingerprint density at radius 3 is 2.29 bits per heavy atom. The summed E-state index contributed by atoms with van der Waals surface area (Å²) in [5, 5.41) is 1.31. The van der Waals surface area contributed by atoms with E-state index in [1.54, 1.807) is 0 Å². The van der Waals surface area contributed by atoms with Gasteiger partial charge in [0.2, 0.25) is 8.32 Å². The van der Waals surface area contributed by atoms with Crippen LogP contribution in [0.4, 0.5) is 0 Å². The van der Waals surface area contributed by atoms with Crippen molar-refractivity contribution in [2.45, 2.75) is 32.9 Å². The summed E-state index contributed by atoms with van der Waals surface area (Å²) >= 11 is 0. The normalized spacial score (nSPS) is 18.2. The molecule has 0 atom stereocenters. The van der Waals surface area contributed by atoms with E-state index in [-0.39, 0.29) is 0 Å². The van der Waals surface area contributed by atoms with Crippen LogP contribution in [0.1, 0.15) is 20.8 Å². The zero-order valence-corrected chi connectivity index (χ0v) is 10.2. The van der Waals surface area contributed by atoms with Gasteiger partial charge in [-0.1, -0.05) is 13.8 Å². The molecule has 1 aliphatic rings. The van der Waals surface area contributed by atoms with E-state index in [9.17, 15) is 0 Å². The Hall–Kier alpha value is 0.0169. The molecule has 0 aliphatic carbocycles. The number of rotatable bonds is 7. The van der Waals surface area contributed by atoms with Crippen molar-refractivity contribution >= 4 is 8.32 Å². The minimum atomic E-state index is -1.60. The molecule has 0 aromatic heterocycles. The van der Waals surface area contributed by atoms with Crippen molar-refractivity contribution in [2.24, 2.45) is 0 Å². The average molecular weight is 220 g/mol. The number of hydrogen-bond acceptors (Lipinski definition) is 5. The standard InChI is InChI=1S/C8H20N2O3Si/c1-4-13-14(5-2,6-3)7-9-10-11-8-12-10/h9H,4-8H2,1-3H3. The first-order valence-corrected chi connectivity index (χ1v) is 7.72. The molecule has 0 amide bonds. The molecule has 1 fully saturated rings. The highest BCUT2D eigenvalue weighted by Gasteiger charge is 2.32. The van der Waals surface area contributed by atoms with Gasteiger partial charge < -0.3 is 4.43 Å². The van der Waals surface area contributed by atoms with Crippen molar-refractivity contribution in [3.05, 3.63) is 0 Å². The molecule has 1 saturated heterocycles. The van der Waals surface area contributed by atoms with Gasteiger partial charge in [0.05, 0.1) is 0 Å². The van der Waals surface area contributed by atoms with Crippen LogP contribution in [0.2, 0.25) is 12.1 Å². The third-order valence-electron chi connectivity index (χ3n) is 2.61. The molecule has 5 nitrogen and oxygen atoms in total. The maximum atomic E-state index is 5.89. The van der Waals surface area contributed by atoms with Gasteiger partial charge in [-0.3, -0.25) is 0 Å². The van der Waals surface area contributed by atoms with Crippen LogP contribution in [-0.2, 0) is 14.1 Å². The van der Waals surface area contributed by atoms with Crippen LogP contribution >= 0.6 is 0 Å². The van der Waals surface area contributed by atoms with Crippen LogP contribution in [0.15, 0.2) is 0 Å². The summed E-state index contributed by atoms with van der Waals surface area (Å²) in [4.78, 5) is 9.92. The number of nitrogens with one attached hydrogen (secondary N) is 1. The van der Waals surface area contributed by atoms with E-state index in [2.05, 4.69) is 19.3 Å². The maximum absolute atomic E-state index is 5.89. The van der Waals surface area contributed by atoms with Crippen LogP contribution in [-0.4, -0.2) is 33.2 Å². The first kappa shape index (κ1) is 12.1. The molecule has 1 N–H and O–H groups in total. The van der Waals surface area contributed by atoms with Crippen molar-refractivity contribution in [1.29, 1.82) is 0 Å². The summed E-state index contributed by atoms with van der Waals surface area (Å²) < 4.78 is 5.89. The van der Waals surface area contributed by atoms with E-state index in [0.717, 1.165) is 24.9 Å². The molecule has 0 aromatic carbocycles. The Morgan fingerprint density at radius 2 is 1.93 bits per heavy atom. The average Bonchev–Trinajstić information content (AvgIpc) is 2.14. The highest BCUT2D eigenvalue weighted by atomic mass is 28.4. The van der Waals surface area contributed by atoms with Gasteiger partial charge in [0, 0.05) is 18.1 Å². The molecular formula is C8H20N2O3Si. The second kappa shape index (κ2) is 5.79. The first-order chi connectivity index (χ1) is 6.76. The second-order valence-electron chi connectivity index (χ2n) is 3.29. The van der Waals surface area contributed by atoms with E-state index in [4.69, 9.17) is 14.1 Å². The van der Waals surface area contributed by atoms with Gasteiger partial charge in [-0.15, -0.1) is 0 Å². The molecule has 0 unspecified atom stereocenters. The largest absolute Gasteiger partial charge is 0.416 e. The summed E-state index contributed by atoms with van der Waals surface area (Å²) in [6.07, 6.45) is 0.841. The van der Waals surface area contributed by atoms with Gasteiger partial charge in [-0.2, -0.15) is 0 Å². The Bertz CT molecular complexity index is 163. The molecule has 0 aromatic rings. The van der Waals surface area contributed by atoms with E-state index >= 15 is 0 Å². The summed E-state index contributed by atoms with van der Waals surface area (Å²) in [6, 6.07) is 2.22. The fraction of sp³-hybridized carbons (Fsp3) is 1.00. The van der Waals surface area contributed by atoms with E-state index in [0.29, 0.717) is 6.79 Å². The van der Waals surface area contributed by atoms with Crippen molar-refractivity contribution in [3.8, 4) is 0 Å². The first-order valence-electron chi connectivity index (χ1n) is 5.19. The van der Waals surface area contributed by atoms with E-state index < -0.39 is 8.32 Å². The molecule has 1 heterocycles. The third kappa shape index (κ3) is 3.01. The Balaban J connectivity index is 2.31. The lowest BCUT2D eigenvalue weighted by Crippen LogP contribution is -2.55. The molecule has 84 valence electrons. The Kier molecular flexibility index (Phi) is 5.00. The van der Waals surface area contributed by atoms with Crippen molar-refractivity contribution in [3.63, 3.8) is 0 Å². The molecule has 1 aliphatic heterocycles. The molecular weight excluding hydrogens is 200 g/mol. The second-order valence-corrected chi connectivity index (χ2v) is 7.71. The molecule has 14 heavy (non-hydrogen) atoms. The highest BCUT2D eigenvalue weighted by Crippen LogP contribution is 2.16. The van der Waals surface area contributed by atoms with Gasteiger partial charge in [0.15, 0.2) is 6.79 Å². The van der Waals surface area contributed by atoms with Gasteiger partial charge in [-0.25, -0.2) is 15.1 Å². The van der Waals surface area contributed by atoms with Crippen molar-refractivity contribution < 1.29 is 14.1 Å². The predicted octanol–water partition coefficient (Wildman–Crippen LogP) is 1.19. The zero-order valence-electron chi connectivity index (χ0n) is 9.21. The lowest BCUT2D eigenvalue weighted by molar-refractivity contribution is -0.540. The quantitative estimate of drug-likeness (QED) is 0.653. The molecule has 0 radical (unpaired) electrons. The van der Waals surface area contributed by atoms with Crippen LogP contribution < -0.4 is 5.43 Å². The lowest BCUT2D eigenvalue weighted by Gasteiger charge is -2.34. The van der Waals surface area contributed by atoms with E-state index in [1.807, 2.05) is 6.92 Å². The summed E-state index contributed by atoms with van der Waals surface area (Å²) in [5.74, 6) is 0. The van der Waals surface area contributed by atoms with Gasteiger partial charge in [0.1, 0.15) is 0 Å². The van der Waals surface area contributed by atoms with Crippen LogP contribution in [0.3, 0.4) is 0 Å². The predicted molar refractivity (Wildman–Crippen MR) is 55.2 cm³/mol. The number of hydrazine groups is 1. The van der Waals surface area contributed by atoms with Gasteiger partial charge in [-0.05, 0) is 19.0 Å². The van der Waals surface area contributed by atoms with Crippen LogP contribution in [0.25, 0.3) is 0 Å². The molecule has 6 heteroatoms. The summed E-state index contributed by atoms with van der Waals surface area (Å²) in [6.45, 7) is 7.55.